The van der Waals surface area contributed by atoms with Crippen molar-refractivity contribution in [3.8, 4) is 0 Å². The molecular weight excluding hydrogens is 448 g/mol. The molecule has 0 aliphatic carbocycles. The molecule has 2 aromatic rings. The Morgan fingerprint density at radius 2 is 2.13 bits per heavy atom. The normalized spacial score (nSPS) is 12.4. The van der Waals surface area contributed by atoms with Gasteiger partial charge in [0.1, 0.15) is 0 Å². The lowest BCUT2D eigenvalue weighted by atomic mass is 10.1. The number of aromatic nitrogens is 2. The predicted octanol–water partition coefficient (Wildman–Crippen LogP) is 3.61. The van der Waals surface area contributed by atoms with Gasteiger partial charge in [-0.05, 0) is 24.6 Å². The van der Waals surface area contributed by atoms with Gasteiger partial charge >= 0.3 is 0 Å². The van der Waals surface area contributed by atoms with Crippen LogP contribution in [0.25, 0.3) is 0 Å². The lowest BCUT2D eigenvalue weighted by Crippen LogP contribution is -2.34. The molecule has 0 saturated carbocycles. The van der Waals surface area contributed by atoms with Crippen molar-refractivity contribution in [2.45, 2.75) is 19.4 Å². The summed E-state index contributed by atoms with van der Waals surface area (Å²) >= 11 is 12.1. The number of nitrogens with two attached hydrogens (primary N) is 1. The van der Waals surface area contributed by atoms with E-state index in [0.29, 0.717) is 29.0 Å². The second-order valence-corrected chi connectivity index (χ2v) is 5.59. The minimum atomic E-state index is -0.0648. The number of hydrogen-bond acceptors (Lipinski definition) is 3. The van der Waals surface area contributed by atoms with E-state index in [1.807, 2.05) is 13.0 Å². The fraction of sp³-hybridized carbons (Fsp3) is 0.267. The molecule has 0 bridgehead atoms. The number of halogens is 3. The molecule has 1 atom stereocenters. The van der Waals surface area contributed by atoms with Crippen molar-refractivity contribution >= 4 is 53.1 Å². The molecule has 1 heterocycles. The molecule has 5 nitrogen and oxygen atoms in total. The topological polar surface area (TPSA) is 76.2 Å². The maximum absolute atomic E-state index is 6.17. The van der Waals surface area contributed by atoms with Gasteiger partial charge in [-0.1, -0.05) is 29.3 Å². The minimum Gasteiger partial charge on any atom is -0.370 e. The summed E-state index contributed by atoms with van der Waals surface area (Å²) in [5, 5.41) is 4.31. The van der Waals surface area contributed by atoms with Gasteiger partial charge in [0.05, 0.1) is 11.7 Å². The summed E-state index contributed by atoms with van der Waals surface area (Å²) in [4.78, 5) is 12.5. The van der Waals surface area contributed by atoms with Crippen LogP contribution >= 0.6 is 47.2 Å². The van der Waals surface area contributed by atoms with Crippen molar-refractivity contribution in [1.29, 1.82) is 0 Å². The molecule has 1 aromatic heterocycles. The molecule has 3 N–H and O–H groups in total. The van der Waals surface area contributed by atoms with Crippen LogP contribution in [0.5, 0.6) is 0 Å². The van der Waals surface area contributed by atoms with Gasteiger partial charge in [0.25, 0.3) is 0 Å². The van der Waals surface area contributed by atoms with Gasteiger partial charge in [-0.2, -0.15) is 0 Å². The molecular formula is C15H18Cl2IN5. The van der Waals surface area contributed by atoms with Gasteiger partial charge in [-0.15, -0.1) is 24.0 Å². The second kappa shape index (κ2) is 9.89. The summed E-state index contributed by atoms with van der Waals surface area (Å²) in [5.74, 6) is 0.363. The lowest BCUT2D eigenvalue weighted by Gasteiger charge is -2.16. The standard InChI is InChI=1S/C15H17Cl2N5.HI/c1-10(13-3-2-11(16)8-14(13)17)22-15(18)21-5-4-12-9-19-6-7-20-12;/h2-3,6-10H,4-5H2,1H3,(H3,18,21,22);1H. The fourth-order valence-corrected chi connectivity index (χ4v) is 2.52. The second-order valence-electron chi connectivity index (χ2n) is 4.75. The number of benzene rings is 1. The number of aliphatic imine (C=N–C) groups is 1. The molecule has 124 valence electrons. The highest BCUT2D eigenvalue weighted by atomic mass is 127. The summed E-state index contributed by atoms with van der Waals surface area (Å²) in [6.07, 6.45) is 5.70. The van der Waals surface area contributed by atoms with Gasteiger partial charge in [-0.3, -0.25) is 15.0 Å². The Kier molecular flexibility index (Phi) is 8.57. The molecule has 1 aromatic carbocycles. The summed E-state index contributed by atoms with van der Waals surface area (Å²) in [6, 6.07) is 5.31. The largest absolute Gasteiger partial charge is 0.370 e. The Bertz CT molecular complexity index is 652. The number of guanidine groups is 1. The van der Waals surface area contributed by atoms with Crippen LogP contribution in [0.4, 0.5) is 0 Å². The van der Waals surface area contributed by atoms with Crippen LogP contribution in [-0.2, 0) is 6.42 Å². The van der Waals surface area contributed by atoms with E-state index >= 15 is 0 Å². The van der Waals surface area contributed by atoms with Crippen LogP contribution in [0.3, 0.4) is 0 Å². The first-order valence-electron chi connectivity index (χ1n) is 6.82. The Hall–Kier alpha value is -1.12. The van der Waals surface area contributed by atoms with Gasteiger partial charge in [0, 0.05) is 41.6 Å². The van der Waals surface area contributed by atoms with E-state index in [-0.39, 0.29) is 30.0 Å². The highest BCUT2D eigenvalue weighted by molar-refractivity contribution is 14.0. The summed E-state index contributed by atoms with van der Waals surface area (Å²) < 4.78 is 0. The summed E-state index contributed by atoms with van der Waals surface area (Å²) in [6.45, 7) is 2.50. The quantitative estimate of drug-likeness (QED) is 0.401. The van der Waals surface area contributed by atoms with Crippen molar-refractivity contribution in [2.75, 3.05) is 6.54 Å². The first-order valence-corrected chi connectivity index (χ1v) is 7.58. The van der Waals surface area contributed by atoms with Crippen LogP contribution in [0.15, 0.2) is 41.8 Å². The van der Waals surface area contributed by atoms with Crippen LogP contribution in [0.2, 0.25) is 10.0 Å². The summed E-state index contributed by atoms with van der Waals surface area (Å²) in [7, 11) is 0. The predicted molar refractivity (Wildman–Crippen MR) is 106 cm³/mol. The van der Waals surface area contributed by atoms with Crippen molar-refractivity contribution in [3.05, 3.63) is 58.1 Å². The maximum atomic E-state index is 6.17. The minimum absolute atomic E-state index is 0. The first kappa shape index (κ1) is 19.9. The fourth-order valence-electron chi connectivity index (χ4n) is 1.95. The van der Waals surface area contributed by atoms with Gasteiger partial charge < -0.3 is 11.1 Å². The van der Waals surface area contributed by atoms with E-state index in [1.165, 1.54) is 0 Å². The third-order valence-electron chi connectivity index (χ3n) is 3.06. The molecule has 2 rings (SSSR count). The molecule has 0 spiro atoms. The van der Waals surface area contributed by atoms with Crippen LogP contribution in [-0.4, -0.2) is 22.5 Å². The van der Waals surface area contributed by atoms with E-state index in [1.54, 1.807) is 30.7 Å². The smallest absolute Gasteiger partial charge is 0.189 e. The van der Waals surface area contributed by atoms with E-state index in [0.717, 1.165) is 11.3 Å². The number of nitrogens with one attached hydrogen (secondary N) is 1. The lowest BCUT2D eigenvalue weighted by molar-refractivity contribution is 0.707. The zero-order valence-electron chi connectivity index (χ0n) is 12.5. The number of rotatable bonds is 5. The Labute approximate surface area is 162 Å². The number of hydrogen-bond donors (Lipinski definition) is 2. The molecule has 0 fully saturated rings. The molecule has 0 saturated heterocycles. The van der Waals surface area contributed by atoms with E-state index < -0.39 is 0 Å². The zero-order valence-corrected chi connectivity index (χ0v) is 16.4. The highest BCUT2D eigenvalue weighted by Gasteiger charge is 2.10. The maximum Gasteiger partial charge on any atom is 0.189 e. The molecule has 8 heteroatoms. The Balaban J connectivity index is 0.00000264. The average Bonchev–Trinajstić information content (AvgIpc) is 2.48. The van der Waals surface area contributed by atoms with Crippen LogP contribution in [0, 0.1) is 0 Å². The number of nitrogens with zero attached hydrogens (tertiary/aromatic N) is 3. The zero-order chi connectivity index (χ0) is 15.9. The van der Waals surface area contributed by atoms with Gasteiger partial charge in [-0.25, -0.2) is 0 Å². The molecule has 23 heavy (non-hydrogen) atoms. The molecule has 0 aliphatic heterocycles. The third kappa shape index (κ3) is 6.48. The highest BCUT2D eigenvalue weighted by Crippen LogP contribution is 2.25. The molecule has 0 aliphatic rings. The summed E-state index contributed by atoms with van der Waals surface area (Å²) in [5.41, 5.74) is 7.69. The van der Waals surface area contributed by atoms with Crippen molar-refractivity contribution < 1.29 is 0 Å². The Morgan fingerprint density at radius 1 is 1.35 bits per heavy atom. The van der Waals surface area contributed by atoms with E-state index in [4.69, 9.17) is 28.9 Å². The van der Waals surface area contributed by atoms with Gasteiger partial charge in [0.2, 0.25) is 0 Å². The van der Waals surface area contributed by atoms with Crippen molar-refractivity contribution in [2.24, 2.45) is 10.7 Å². The SMILES string of the molecule is CC(NC(N)=NCCc1cnccn1)c1ccc(Cl)cc1Cl.I. The van der Waals surface area contributed by atoms with Crippen molar-refractivity contribution in [1.82, 2.24) is 15.3 Å². The van der Waals surface area contributed by atoms with Crippen molar-refractivity contribution in [3.63, 3.8) is 0 Å². The first-order chi connectivity index (χ1) is 10.6. The Morgan fingerprint density at radius 3 is 2.78 bits per heavy atom. The van der Waals surface area contributed by atoms with Crippen LogP contribution in [0.1, 0.15) is 24.2 Å². The molecule has 0 amide bonds. The molecule has 1 unspecified atom stereocenters. The van der Waals surface area contributed by atoms with Crippen LogP contribution < -0.4 is 11.1 Å². The monoisotopic (exact) mass is 465 g/mol. The van der Waals surface area contributed by atoms with E-state index in [2.05, 4.69) is 20.3 Å². The molecule has 0 radical (unpaired) electrons. The average molecular weight is 466 g/mol. The van der Waals surface area contributed by atoms with E-state index in [9.17, 15) is 0 Å². The van der Waals surface area contributed by atoms with Gasteiger partial charge in [0.15, 0.2) is 5.96 Å². The third-order valence-corrected chi connectivity index (χ3v) is 3.62.